The summed E-state index contributed by atoms with van der Waals surface area (Å²) in [4.78, 5) is 15.4. The Balaban J connectivity index is 1.32. The van der Waals surface area contributed by atoms with Gasteiger partial charge in [-0.3, -0.25) is 0 Å². The van der Waals surface area contributed by atoms with Gasteiger partial charge in [0.2, 0.25) is 5.95 Å². The molecule has 3 aromatic rings. The number of hydrogen-bond donors (Lipinski definition) is 1. The number of nitrogens with zero attached hydrogens (tertiary/aromatic N) is 6. The van der Waals surface area contributed by atoms with E-state index in [1.54, 1.807) is 10.7 Å². The number of hydrogen-bond acceptors (Lipinski definition) is 7. The maximum absolute atomic E-state index is 6.10. The highest BCUT2D eigenvalue weighted by atomic mass is 35.5. The maximum atomic E-state index is 6.10. The number of anilines is 2. The first-order chi connectivity index (χ1) is 15.5. The van der Waals surface area contributed by atoms with E-state index in [-0.39, 0.29) is 6.04 Å². The van der Waals surface area contributed by atoms with Gasteiger partial charge < -0.3 is 15.0 Å². The summed E-state index contributed by atoms with van der Waals surface area (Å²) in [6.07, 6.45) is 3.84. The van der Waals surface area contributed by atoms with E-state index in [1.807, 2.05) is 24.3 Å². The largest absolute Gasteiger partial charge is 0.424 e. The number of rotatable bonds is 6. The smallest absolute Gasteiger partial charge is 0.322 e. The molecule has 1 aliphatic carbocycles. The first-order valence-electron chi connectivity index (χ1n) is 10.9. The number of aromatic nitrogens is 5. The van der Waals surface area contributed by atoms with Crippen LogP contribution < -0.4 is 15.0 Å². The molecule has 1 saturated heterocycles. The first kappa shape index (κ1) is 21.3. The Morgan fingerprint density at radius 2 is 1.88 bits per heavy atom. The molecule has 0 radical (unpaired) electrons. The molecule has 1 saturated carbocycles. The monoisotopic (exact) mass is 473 g/mol. The SMILES string of the molecule is CC(C)n1nc(N[C@H]2[C@@H]3CC[C@H]2CN(c2cc(Cl)ncn2)C3)nc1Oc1cccc(Cl)c1. The van der Waals surface area contributed by atoms with Crippen molar-refractivity contribution in [3.63, 3.8) is 0 Å². The molecule has 5 rings (SSSR count). The predicted molar refractivity (Wildman–Crippen MR) is 125 cm³/mol. The quantitative estimate of drug-likeness (QED) is 0.500. The molecule has 3 atom stereocenters. The normalized spacial score (nSPS) is 22.4. The van der Waals surface area contributed by atoms with Crippen molar-refractivity contribution in [3.8, 4) is 11.8 Å². The van der Waals surface area contributed by atoms with Crippen molar-refractivity contribution in [2.24, 2.45) is 11.8 Å². The lowest BCUT2D eigenvalue weighted by Gasteiger charge is -2.38. The first-order valence-corrected chi connectivity index (χ1v) is 11.6. The van der Waals surface area contributed by atoms with Crippen LogP contribution in [0.4, 0.5) is 11.8 Å². The molecule has 1 N–H and O–H groups in total. The second-order valence-electron chi connectivity index (χ2n) is 8.69. The summed E-state index contributed by atoms with van der Waals surface area (Å²) >= 11 is 12.2. The van der Waals surface area contributed by atoms with Crippen molar-refractivity contribution in [1.82, 2.24) is 24.7 Å². The summed E-state index contributed by atoms with van der Waals surface area (Å²) in [6, 6.07) is 9.98. The average Bonchev–Trinajstić information content (AvgIpc) is 3.24. The predicted octanol–water partition coefficient (Wildman–Crippen LogP) is 5.08. The van der Waals surface area contributed by atoms with Gasteiger partial charge in [0, 0.05) is 30.2 Å². The lowest BCUT2D eigenvalue weighted by Crippen LogP contribution is -2.48. The molecule has 32 heavy (non-hydrogen) atoms. The molecule has 168 valence electrons. The number of piperidine rings is 1. The number of ether oxygens (including phenoxy) is 1. The molecule has 2 bridgehead atoms. The number of benzene rings is 1. The fraction of sp³-hybridized carbons (Fsp3) is 0.455. The molecule has 2 fully saturated rings. The summed E-state index contributed by atoms with van der Waals surface area (Å²) in [5.41, 5.74) is 0. The van der Waals surface area contributed by atoms with Gasteiger partial charge in [0.25, 0.3) is 0 Å². The molecule has 8 nitrogen and oxygen atoms in total. The Hall–Kier alpha value is -2.58. The van der Waals surface area contributed by atoms with Crippen molar-refractivity contribution in [1.29, 1.82) is 0 Å². The highest BCUT2D eigenvalue weighted by Gasteiger charge is 2.43. The van der Waals surface area contributed by atoms with Crippen molar-refractivity contribution in [3.05, 3.63) is 46.8 Å². The Kier molecular flexibility index (Phi) is 5.82. The van der Waals surface area contributed by atoms with Crippen LogP contribution in [0.5, 0.6) is 11.8 Å². The van der Waals surface area contributed by atoms with Gasteiger partial charge in [-0.2, -0.15) is 4.98 Å². The summed E-state index contributed by atoms with van der Waals surface area (Å²) in [5.74, 6) is 3.07. The third kappa shape index (κ3) is 4.34. The summed E-state index contributed by atoms with van der Waals surface area (Å²) in [5, 5.41) is 9.38. The van der Waals surface area contributed by atoms with E-state index in [2.05, 4.69) is 39.0 Å². The molecule has 0 spiro atoms. The highest BCUT2D eigenvalue weighted by molar-refractivity contribution is 6.30. The Bertz CT molecular complexity index is 1090. The van der Waals surface area contributed by atoms with Gasteiger partial charge in [0.15, 0.2) is 0 Å². The minimum absolute atomic E-state index is 0.105. The Morgan fingerprint density at radius 1 is 1.09 bits per heavy atom. The third-order valence-corrected chi connectivity index (χ3v) is 6.61. The second kappa shape index (κ2) is 8.75. The summed E-state index contributed by atoms with van der Waals surface area (Å²) in [7, 11) is 0. The molecular weight excluding hydrogens is 449 g/mol. The van der Waals surface area contributed by atoms with Crippen LogP contribution in [-0.4, -0.2) is 43.9 Å². The van der Waals surface area contributed by atoms with E-state index in [4.69, 9.17) is 33.0 Å². The lowest BCUT2D eigenvalue weighted by atomic mass is 9.92. The van der Waals surface area contributed by atoms with Crippen LogP contribution in [0.15, 0.2) is 36.7 Å². The van der Waals surface area contributed by atoms with E-state index in [0.29, 0.717) is 45.8 Å². The van der Waals surface area contributed by atoms with E-state index in [9.17, 15) is 0 Å². The van der Waals surface area contributed by atoms with Gasteiger partial charge in [0.1, 0.15) is 23.0 Å². The van der Waals surface area contributed by atoms with Crippen LogP contribution in [0.3, 0.4) is 0 Å². The molecule has 3 heterocycles. The van der Waals surface area contributed by atoms with Crippen LogP contribution in [0.2, 0.25) is 10.2 Å². The van der Waals surface area contributed by atoms with Crippen LogP contribution in [-0.2, 0) is 0 Å². The Labute approximate surface area is 196 Å². The molecule has 0 amide bonds. The van der Waals surface area contributed by atoms with E-state index in [0.717, 1.165) is 31.7 Å². The number of fused-ring (bicyclic) bond motifs is 2. The van der Waals surface area contributed by atoms with Crippen molar-refractivity contribution < 1.29 is 4.74 Å². The van der Waals surface area contributed by atoms with Gasteiger partial charge in [-0.05, 0) is 56.7 Å². The van der Waals surface area contributed by atoms with Crippen molar-refractivity contribution >= 4 is 35.0 Å². The van der Waals surface area contributed by atoms with Gasteiger partial charge in [-0.15, -0.1) is 5.10 Å². The van der Waals surface area contributed by atoms with Crippen LogP contribution in [0.1, 0.15) is 32.7 Å². The molecular formula is C22H25Cl2N7O. The third-order valence-electron chi connectivity index (χ3n) is 6.17. The second-order valence-corrected chi connectivity index (χ2v) is 9.51. The molecule has 2 aliphatic rings. The van der Waals surface area contributed by atoms with Crippen LogP contribution in [0, 0.1) is 11.8 Å². The van der Waals surface area contributed by atoms with Crippen molar-refractivity contribution in [2.45, 2.75) is 38.8 Å². The molecule has 1 aromatic carbocycles. The van der Waals surface area contributed by atoms with Crippen LogP contribution in [0.25, 0.3) is 0 Å². The fourth-order valence-electron chi connectivity index (χ4n) is 4.70. The minimum atomic E-state index is 0.105. The van der Waals surface area contributed by atoms with Crippen molar-refractivity contribution in [2.75, 3.05) is 23.3 Å². The zero-order chi connectivity index (χ0) is 22.2. The maximum Gasteiger partial charge on any atom is 0.322 e. The standard InChI is InChI=1S/C22H25Cl2N7O/c1-13(2)31-22(32-17-5-3-4-16(23)8-17)28-21(29-31)27-20-14-6-7-15(20)11-30(10-14)19-9-18(24)25-12-26-19/h3-5,8-9,12-15,20H,6-7,10-11H2,1-2H3,(H,27,29)/t14-,15+,20+. The molecule has 10 heteroatoms. The lowest BCUT2D eigenvalue weighted by molar-refractivity contribution is 0.373. The van der Waals surface area contributed by atoms with Gasteiger partial charge in [0.05, 0.1) is 6.04 Å². The van der Waals surface area contributed by atoms with E-state index in [1.165, 1.54) is 6.33 Å². The number of nitrogens with one attached hydrogen (secondary N) is 1. The number of halogens is 2. The van der Waals surface area contributed by atoms with Crippen LogP contribution >= 0.6 is 23.2 Å². The topological polar surface area (TPSA) is 81.0 Å². The average molecular weight is 474 g/mol. The molecule has 0 unspecified atom stereocenters. The van der Waals surface area contributed by atoms with Gasteiger partial charge >= 0.3 is 6.01 Å². The minimum Gasteiger partial charge on any atom is -0.424 e. The summed E-state index contributed by atoms with van der Waals surface area (Å²) < 4.78 is 7.80. The van der Waals surface area contributed by atoms with Gasteiger partial charge in [-0.1, -0.05) is 29.3 Å². The fourth-order valence-corrected chi connectivity index (χ4v) is 5.03. The van der Waals surface area contributed by atoms with E-state index >= 15 is 0 Å². The summed E-state index contributed by atoms with van der Waals surface area (Å²) in [6.45, 7) is 5.94. The zero-order valence-corrected chi connectivity index (χ0v) is 19.5. The molecule has 2 aromatic heterocycles. The Morgan fingerprint density at radius 3 is 2.56 bits per heavy atom. The molecule has 1 aliphatic heterocycles. The highest BCUT2D eigenvalue weighted by Crippen LogP contribution is 2.40. The van der Waals surface area contributed by atoms with E-state index < -0.39 is 0 Å². The zero-order valence-electron chi connectivity index (χ0n) is 17.9. The van der Waals surface area contributed by atoms with Gasteiger partial charge in [-0.25, -0.2) is 14.6 Å².